The van der Waals surface area contributed by atoms with Gasteiger partial charge in [-0.2, -0.15) is 0 Å². The quantitative estimate of drug-likeness (QED) is 0.565. The van der Waals surface area contributed by atoms with Crippen LogP contribution in [0.3, 0.4) is 0 Å². The van der Waals surface area contributed by atoms with Crippen LogP contribution in [0.2, 0.25) is 5.82 Å². The lowest BCUT2D eigenvalue weighted by molar-refractivity contribution is 0.189. The van der Waals surface area contributed by atoms with Crippen molar-refractivity contribution in [2.45, 2.75) is 89.8 Å². The summed E-state index contributed by atoms with van der Waals surface area (Å²) >= 11 is 5.77. The summed E-state index contributed by atoms with van der Waals surface area (Å²) in [5.41, 5.74) is 0. The van der Waals surface area contributed by atoms with Gasteiger partial charge in [0.1, 0.15) is 0 Å². The van der Waals surface area contributed by atoms with Crippen LogP contribution in [0.1, 0.15) is 59.8 Å². The van der Waals surface area contributed by atoms with Crippen LogP contribution in [-0.4, -0.2) is 46.9 Å². The summed E-state index contributed by atoms with van der Waals surface area (Å²) in [6, 6.07) is 2.04. The summed E-state index contributed by atoms with van der Waals surface area (Å²) in [6.07, 6.45) is 6.08. The summed E-state index contributed by atoms with van der Waals surface area (Å²) < 4.78 is 0. The molecular formula is C15H27BN2S. The van der Waals surface area contributed by atoms with Crippen molar-refractivity contribution in [2.24, 2.45) is 0 Å². The Morgan fingerprint density at radius 1 is 1.00 bits per heavy atom. The Morgan fingerprint density at radius 2 is 1.53 bits per heavy atom. The average molecular weight is 278 g/mol. The lowest BCUT2D eigenvalue weighted by Crippen LogP contribution is -2.42. The highest BCUT2D eigenvalue weighted by Gasteiger charge is 2.45. The molecule has 2 aliphatic rings. The fraction of sp³-hybridized carbons (Fsp3) is 0.933. The molecule has 1 saturated heterocycles. The number of fused-ring (bicyclic) bond motifs is 1. The first kappa shape index (κ1) is 15.1. The molecule has 2 radical (unpaired) electrons. The van der Waals surface area contributed by atoms with E-state index >= 15 is 0 Å². The van der Waals surface area contributed by atoms with Crippen molar-refractivity contribution in [3.63, 3.8) is 0 Å². The van der Waals surface area contributed by atoms with Gasteiger partial charge in [0.15, 0.2) is 5.11 Å². The second-order valence-electron chi connectivity index (χ2n) is 6.70. The Labute approximate surface area is 125 Å². The van der Waals surface area contributed by atoms with Gasteiger partial charge in [-0.1, -0.05) is 25.1 Å². The molecule has 0 spiro atoms. The third-order valence-corrected chi connectivity index (χ3v) is 5.00. The monoisotopic (exact) mass is 278 g/mol. The number of hydrogen-bond donors (Lipinski definition) is 0. The van der Waals surface area contributed by atoms with E-state index in [1.54, 1.807) is 0 Å². The molecule has 4 heteroatoms. The Kier molecular flexibility index (Phi) is 4.81. The number of rotatable bonds is 2. The standard InChI is InChI=1S/C15H27BN2S/c1-10(2)17-13-8-6-5-7-12(16)9-14(13)18(11(3)4)15(17)19/h10-14H,5-9H2,1-4H3. The third kappa shape index (κ3) is 2.93. The van der Waals surface area contributed by atoms with E-state index in [-0.39, 0.29) is 0 Å². The van der Waals surface area contributed by atoms with E-state index in [1.165, 1.54) is 25.7 Å². The third-order valence-electron chi connectivity index (χ3n) is 4.58. The summed E-state index contributed by atoms with van der Waals surface area (Å²) in [6.45, 7) is 9.01. The lowest BCUT2D eigenvalue weighted by Gasteiger charge is -2.35. The van der Waals surface area contributed by atoms with Gasteiger partial charge in [0.05, 0.1) is 19.9 Å². The second kappa shape index (κ2) is 6.03. The van der Waals surface area contributed by atoms with E-state index in [0.29, 0.717) is 30.0 Å². The van der Waals surface area contributed by atoms with E-state index < -0.39 is 0 Å². The number of nitrogens with zero attached hydrogens (tertiary/aromatic N) is 2. The number of thiocarbonyl (C=S) groups is 1. The molecule has 1 heterocycles. The van der Waals surface area contributed by atoms with Gasteiger partial charge < -0.3 is 9.80 Å². The van der Waals surface area contributed by atoms with Crippen LogP contribution in [0.15, 0.2) is 0 Å². The molecule has 1 aliphatic heterocycles. The number of hydrogen-bond acceptors (Lipinski definition) is 1. The normalized spacial score (nSPS) is 32.7. The van der Waals surface area contributed by atoms with Crippen LogP contribution in [-0.2, 0) is 0 Å². The van der Waals surface area contributed by atoms with Crippen LogP contribution in [0.4, 0.5) is 0 Å². The maximum atomic E-state index is 6.30. The zero-order chi connectivity index (χ0) is 14.2. The van der Waals surface area contributed by atoms with Gasteiger partial charge in [0, 0.05) is 12.1 Å². The van der Waals surface area contributed by atoms with Crippen molar-refractivity contribution in [1.82, 2.24) is 9.80 Å². The van der Waals surface area contributed by atoms with E-state index in [0.717, 1.165) is 11.5 Å². The second-order valence-corrected chi connectivity index (χ2v) is 7.06. The maximum absolute atomic E-state index is 6.30. The van der Waals surface area contributed by atoms with Crippen molar-refractivity contribution in [3.05, 3.63) is 0 Å². The molecule has 0 bridgehead atoms. The minimum Gasteiger partial charge on any atom is -0.342 e. The molecule has 0 aromatic heterocycles. The van der Waals surface area contributed by atoms with Crippen LogP contribution in [0.5, 0.6) is 0 Å². The molecule has 3 atom stereocenters. The SMILES string of the molecule is [B]C1CCCCC2C(C1)N(C(C)C)C(=S)N2C(C)C. The summed E-state index contributed by atoms with van der Waals surface area (Å²) in [4.78, 5) is 4.92. The largest absolute Gasteiger partial charge is 0.342 e. The highest BCUT2D eigenvalue weighted by molar-refractivity contribution is 7.80. The van der Waals surface area contributed by atoms with E-state index in [2.05, 4.69) is 37.5 Å². The molecule has 106 valence electrons. The van der Waals surface area contributed by atoms with Crippen LogP contribution in [0.25, 0.3) is 0 Å². The minimum absolute atomic E-state index is 0.337. The molecule has 0 aromatic rings. The first-order valence-corrected chi connectivity index (χ1v) is 8.20. The fourth-order valence-electron chi connectivity index (χ4n) is 3.79. The van der Waals surface area contributed by atoms with Crippen molar-refractivity contribution < 1.29 is 0 Å². The van der Waals surface area contributed by atoms with Gasteiger partial charge in [-0.3, -0.25) is 0 Å². The molecule has 0 aromatic carbocycles. The van der Waals surface area contributed by atoms with Crippen molar-refractivity contribution >= 4 is 25.2 Å². The van der Waals surface area contributed by atoms with E-state index in [1.807, 2.05) is 0 Å². The van der Waals surface area contributed by atoms with Crippen LogP contribution in [0, 0.1) is 0 Å². The summed E-state index contributed by atoms with van der Waals surface area (Å²) in [5.74, 6) is 0.337. The first-order chi connectivity index (χ1) is 8.93. The predicted octanol–water partition coefficient (Wildman–Crippen LogP) is 3.36. The predicted molar refractivity (Wildman–Crippen MR) is 86.7 cm³/mol. The van der Waals surface area contributed by atoms with Crippen LogP contribution < -0.4 is 0 Å². The first-order valence-electron chi connectivity index (χ1n) is 7.79. The zero-order valence-electron chi connectivity index (χ0n) is 12.8. The molecule has 0 amide bonds. The molecule has 2 rings (SSSR count). The topological polar surface area (TPSA) is 6.48 Å². The molecule has 0 N–H and O–H groups in total. The molecule has 2 nitrogen and oxygen atoms in total. The van der Waals surface area contributed by atoms with Gasteiger partial charge in [0.2, 0.25) is 0 Å². The molecular weight excluding hydrogens is 251 g/mol. The maximum Gasteiger partial charge on any atom is 0.172 e. The van der Waals surface area contributed by atoms with Gasteiger partial charge in [0.25, 0.3) is 0 Å². The van der Waals surface area contributed by atoms with E-state index in [9.17, 15) is 0 Å². The Balaban J connectivity index is 2.29. The average Bonchev–Trinajstić information content (AvgIpc) is 2.54. The smallest absolute Gasteiger partial charge is 0.172 e. The highest BCUT2D eigenvalue weighted by Crippen LogP contribution is 2.37. The Bertz CT molecular complexity index is 332. The van der Waals surface area contributed by atoms with Crippen molar-refractivity contribution in [3.8, 4) is 0 Å². The van der Waals surface area contributed by atoms with Gasteiger partial charge >= 0.3 is 0 Å². The van der Waals surface area contributed by atoms with Gasteiger partial charge in [-0.25, -0.2) is 0 Å². The summed E-state index contributed by atoms with van der Waals surface area (Å²) in [5, 5.41) is 1.05. The van der Waals surface area contributed by atoms with Gasteiger partial charge in [-0.05, 0) is 52.8 Å². The summed E-state index contributed by atoms with van der Waals surface area (Å²) in [7, 11) is 6.30. The van der Waals surface area contributed by atoms with Crippen molar-refractivity contribution in [2.75, 3.05) is 0 Å². The Morgan fingerprint density at radius 3 is 2.11 bits per heavy atom. The highest BCUT2D eigenvalue weighted by atomic mass is 32.1. The molecule has 19 heavy (non-hydrogen) atoms. The molecule has 2 fully saturated rings. The van der Waals surface area contributed by atoms with Crippen molar-refractivity contribution in [1.29, 1.82) is 0 Å². The van der Waals surface area contributed by atoms with Gasteiger partial charge in [-0.15, -0.1) is 0 Å². The lowest BCUT2D eigenvalue weighted by atomic mass is 9.74. The molecule has 1 aliphatic carbocycles. The zero-order valence-corrected chi connectivity index (χ0v) is 13.6. The Hall–Kier alpha value is -0.245. The van der Waals surface area contributed by atoms with Crippen LogP contribution >= 0.6 is 12.2 Å². The fourth-order valence-corrected chi connectivity index (χ4v) is 4.48. The molecule has 3 unspecified atom stereocenters. The minimum atomic E-state index is 0.337. The van der Waals surface area contributed by atoms with E-state index in [4.69, 9.17) is 20.1 Å². The molecule has 1 saturated carbocycles.